The predicted molar refractivity (Wildman–Crippen MR) is 126 cm³/mol. The Kier molecular flexibility index (Phi) is 3.99. The maximum Gasteiger partial charge on any atom is 0.231 e. The van der Waals surface area contributed by atoms with Gasteiger partial charge in [-0.15, -0.1) is 11.3 Å². The van der Waals surface area contributed by atoms with Crippen LogP contribution in [0.25, 0.3) is 31.4 Å². The molecule has 0 spiro atoms. The summed E-state index contributed by atoms with van der Waals surface area (Å²) in [6, 6.07) is 16.0. The predicted octanol–water partition coefficient (Wildman–Crippen LogP) is 7.43. The number of aromatic nitrogens is 1. The Labute approximate surface area is 178 Å². The summed E-state index contributed by atoms with van der Waals surface area (Å²) in [4.78, 5) is 0. The third-order valence-corrected chi connectivity index (χ3v) is 9.08. The molecule has 1 aliphatic heterocycles. The lowest BCUT2D eigenvalue weighted by Gasteiger charge is -2.47. The van der Waals surface area contributed by atoms with Crippen LogP contribution in [0.15, 0.2) is 48.7 Å². The van der Waals surface area contributed by atoms with E-state index >= 15 is 0 Å². The summed E-state index contributed by atoms with van der Waals surface area (Å²) >= 11 is 1.95. The first-order chi connectivity index (χ1) is 13.9. The lowest BCUT2D eigenvalue weighted by atomic mass is 9.59. The van der Waals surface area contributed by atoms with Crippen LogP contribution < -0.4 is 4.57 Å². The van der Waals surface area contributed by atoms with Crippen LogP contribution in [0.5, 0.6) is 0 Å². The van der Waals surface area contributed by atoms with Gasteiger partial charge in [-0.2, -0.15) is 4.57 Å². The molecule has 0 N–H and O–H groups in total. The van der Waals surface area contributed by atoms with Crippen LogP contribution in [0, 0.1) is 13.8 Å². The fourth-order valence-corrected chi connectivity index (χ4v) is 7.19. The molecule has 0 fully saturated rings. The second kappa shape index (κ2) is 6.15. The van der Waals surface area contributed by atoms with Crippen molar-refractivity contribution in [3.63, 3.8) is 0 Å². The molecule has 2 aromatic heterocycles. The Morgan fingerprint density at radius 3 is 2.41 bits per heavy atom. The minimum atomic E-state index is 0.0362. The fraction of sp³-hybridized carbons (Fsp3) is 0.370. The summed E-state index contributed by atoms with van der Waals surface area (Å²) in [6.45, 7) is 14.2. The summed E-state index contributed by atoms with van der Waals surface area (Å²) in [5.41, 5.74) is 7.33. The number of hydrogen-bond acceptors (Lipinski definition) is 1. The van der Waals surface area contributed by atoms with E-state index in [9.17, 15) is 0 Å². The summed E-state index contributed by atoms with van der Waals surface area (Å²) in [5.74, 6) is 0. The van der Waals surface area contributed by atoms with Gasteiger partial charge in [0.25, 0.3) is 0 Å². The smallest absolute Gasteiger partial charge is 0.191 e. The largest absolute Gasteiger partial charge is 0.231 e. The maximum absolute atomic E-state index is 2.62. The van der Waals surface area contributed by atoms with Crippen molar-refractivity contribution >= 4 is 31.5 Å². The number of fused-ring (bicyclic) bond motifs is 7. The van der Waals surface area contributed by atoms with Gasteiger partial charge in [-0.05, 0) is 50.5 Å². The van der Waals surface area contributed by atoms with Gasteiger partial charge in [-0.25, -0.2) is 0 Å². The van der Waals surface area contributed by atoms with Crippen LogP contribution in [0.1, 0.15) is 57.2 Å². The van der Waals surface area contributed by atoms with E-state index in [0.29, 0.717) is 0 Å². The summed E-state index contributed by atoms with van der Waals surface area (Å²) in [6.07, 6.45) is 4.61. The highest BCUT2D eigenvalue weighted by Gasteiger charge is 2.57. The first-order valence-corrected chi connectivity index (χ1v) is 11.7. The van der Waals surface area contributed by atoms with Crippen molar-refractivity contribution in [1.29, 1.82) is 0 Å². The van der Waals surface area contributed by atoms with Crippen LogP contribution >= 0.6 is 11.3 Å². The van der Waals surface area contributed by atoms with Gasteiger partial charge in [-0.3, -0.25) is 0 Å². The van der Waals surface area contributed by atoms with E-state index in [4.69, 9.17) is 0 Å². The van der Waals surface area contributed by atoms with Gasteiger partial charge in [0.2, 0.25) is 5.69 Å². The Hall–Kier alpha value is -2.19. The van der Waals surface area contributed by atoms with Crippen molar-refractivity contribution in [1.82, 2.24) is 0 Å². The molecule has 0 aliphatic carbocycles. The average Bonchev–Trinajstić information content (AvgIpc) is 3.09. The highest BCUT2D eigenvalue weighted by atomic mass is 32.1. The SMILES string of the molecule is CCC1(C)c2c(C)cc(C)cc2-c2c3sc4ccccc4c3cc[n+]2C1(C)CC. The second-order valence-corrected chi connectivity index (χ2v) is 10.2. The number of hydrogen-bond donors (Lipinski definition) is 0. The highest BCUT2D eigenvalue weighted by molar-refractivity contribution is 7.26. The van der Waals surface area contributed by atoms with Crippen molar-refractivity contribution in [2.24, 2.45) is 0 Å². The number of pyridine rings is 1. The number of thiophene rings is 1. The number of benzene rings is 2. The molecule has 2 unspecified atom stereocenters. The van der Waals surface area contributed by atoms with Gasteiger partial charge >= 0.3 is 0 Å². The van der Waals surface area contributed by atoms with Gasteiger partial charge in [-0.1, -0.05) is 43.7 Å². The quantitative estimate of drug-likeness (QED) is 0.308. The minimum absolute atomic E-state index is 0.0362. The lowest BCUT2D eigenvalue weighted by Crippen LogP contribution is -2.67. The zero-order valence-corrected chi connectivity index (χ0v) is 19.2. The average molecular weight is 401 g/mol. The van der Waals surface area contributed by atoms with Gasteiger partial charge in [0, 0.05) is 34.9 Å². The molecule has 0 bridgehead atoms. The molecular weight excluding hydrogens is 370 g/mol. The van der Waals surface area contributed by atoms with Gasteiger partial charge in [0.15, 0.2) is 11.7 Å². The molecule has 1 nitrogen and oxygen atoms in total. The number of nitrogens with zero attached hydrogens (tertiary/aromatic N) is 1. The summed E-state index contributed by atoms with van der Waals surface area (Å²) in [7, 11) is 0. The molecule has 0 saturated heterocycles. The van der Waals surface area contributed by atoms with E-state index in [2.05, 4.69) is 94.8 Å². The van der Waals surface area contributed by atoms with Crippen molar-refractivity contribution in [3.8, 4) is 11.3 Å². The van der Waals surface area contributed by atoms with Crippen LogP contribution in [0.3, 0.4) is 0 Å². The fourth-order valence-electron chi connectivity index (χ4n) is 5.94. The van der Waals surface area contributed by atoms with E-state index in [1.165, 1.54) is 42.6 Å². The second-order valence-electron chi connectivity index (χ2n) is 9.19. The highest BCUT2D eigenvalue weighted by Crippen LogP contribution is 2.53. The molecule has 2 aromatic carbocycles. The molecule has 2 heteroatoms. The molecular formula is C27H30NS+. The van der Waals surface area contributed by atoms with E-state index in [-0.39, 0.29) is 11.0 Å². The molecule has 29 heavy (non-hydrogen) atoms. The van der Waals surface area contributed by atoms with E-state index < -0.39 is 0 Å². The van der Waals surface area contributed by atoms with Gasteiger partial charge < -0.3 is 0 Å². The summed E-state index contributed by atoms with van der Waals surface area (Å²) in [5, 5.41) is 2.77. The van der Waals surface area contributed by atoms with E-state index in [1.807, 2.05) is 11.3 Å². The number of rotatable bonds is 2. The van der Waals surface area contributed by atoms with Crippen molar-refractivity contribution in [2.75, 3.05) is 0 Å². The monoisotopic (exact) mass is 400 g/mol. The molecule has 0 amide bonds. The zero-order valence-electron chi connectivity index (χ0n) is 18.4. The lowest BCUT2D eigenvalue weighted by molar-refractivity contribution is -0.764. The van der Waals surface area contributed by atoms with E-state index in [1.54, 1.807) is 5.56 Å². The van der Waals surface area contributed by atoms with Gasteiger partial charge in [0.05, 0.1) is 11.0 Å². The minimum Gasteiger partial charge on any atom is -0.191 e. The topological polar surface area (TPSA) is 3.88 Å². The molecule has 2 atom stereocenters. The first-order valence-electron chi connectivity index (χ1n) is 10.8. The molecule has 0 saturated carbocycles. The van der Waals surface area contributed by atoms with Crippen LogP contribution in [0.2, 0.25) is 0 Å². The van der Waals surface area contributed by atoms with Crippen molar-refractivity contribution in [3.05, 3.63) is 65.4 Å². The zero-order chi connectivity index (χ0) is 20.6. The third-order valence-electron chi connectivity index (χ3n) is 7.88. The van der Waals surface area contributed by atoms with Crippen LogP contribution in [-0.2, 0) is 11.0 Å². The molecule has 4 aromatic rings. The molecule has 1 aliphatic rings. The maximum atomic E-state index is 2.62. The number of aryl methyl sites for hydroxylation is 2. The Balaban J connectivity index is 2.03. The van der Waals surface area contributed by atoms with Gasteiger partial charge in [0.1, 0.15) is 4.70 Å². The third kappa shape index (κ3) is 2.24. The Morgan fingerprint density at radius 2 is 1.69 bits per heavy atom. The van der Waals surface area contributed by atoms with Crippen LogP contribution in [0.4, 0.5) is 0 Å². The summed E-state index contributed by atoms with van der Waals surface area (Å²) < 4.78 is 5.43. The van der Waals surface area contributed by atoms with Crippen molar-refractivity contribution in [2.45, 2.75) is 65.3 Å². The standard InChI is InChI=1S/C27H30NS/c1-7-26(5)23-18(4)15-17(3)16-21(23)24-25-20(13-14-28(24)27(26,6)8-2)19-11-9-10-12-22(19)29-25/h9-16H,7-8H2,1-6H3/q+1. The van der Waals surface area contributed by atoms with Crippen LogP contribution in [-0.4, -0.2) is 0 Å². The molecule has 5 rings (SSSR count). The van der Waals surface area contributed by atoms with E-state index in [0.717, 1.165) is 12.8 Å². The first kappa shape index (κ1) is 18.8. The Morgan fingerprint density at radius 1 is 0.931 bits per heavy atom. The Bertz CT molecular complexity index is 1280. The molecule has 0 radical (unpaired) electrons. The molecule has 3 heterocycles. The normalized spacial score (nSPS) is 23.4. The molecule has 148 valence electrons. The van der Waals surface area contributed by atoms with Crippen molar-refractivity contribution < 1.29 is 4.57 Å².